The van der Waals surface area contributed by atoms with E-state index in [2.05, 4.69) is 20.9 Å². The molecule has 0 aliphatic carbocycles. The fourth-order valence-electron chi connectivity index (χ4n) is 1.58. The van der Waals surface area contributed by atoms with Crippen molar-refractivity contribution in [3.8, 4) is 0 Å². The van der Waals surface area contributed by atoms with Gasteiger partial charge < -0.3 is 5.11 Å². The molecular weight excluding hydrogens is 322 g/mol. The SMILES string of the molecule is Cc1nc(CC(O)c2ccc(Cl)cc2Br)cs1. The predicted octanol–water partition coefficient (Wildman–Crippen LogP) is 4.14. The number of rotatable bonds is 3. The smallest absolute Gasteiger partial charge is 0.0897 e. The van der Waals surface area contributed by atoms with E-state index in [1.165, 1.54) is 0 Å². The van der Waals surface area contributed by atoms with Crippen LogP contribution in [-0.2, 0) is 6.42 Å². The summed E-state index contributed by atoms with van der Waals surface area (Å²) in [5.41, 5.74) is 1.75. The Morgan fingerprint density at radius 1 is 1.53 bits per heavy atom. The van der Waals surface area contributed by atoms with E-state index in [0.29, 0.717) is 11.4 Å². The van der Waals surface area contributed by atoms with Crippen LogP contribution in [0.1, 0.15) is 22.4 Å². The van der Waals surface area contributed by atoms with E-state index < -0.39 is 6.10 Å². The van der Waals surface area contributed by atoms with Gasteiger partial charge in [-0.05, 0) is 24.6 Å². The Kier molecular flexibility index (Phi) is 4.20. The van der Waals surface area contributed by atoms with E-state index in [9.17, 15) is 5.11 Å². The number of thiazole rings is 1. The molecule has 0 radical (unpaired) electrons. The Hall–Kier alpha value is -0.420. The fraction of sp³-hybridized carbons (Fsp3) is 0.250. The normalized spacial score (nSPS) is 12.7. The maximum atomic E-state index is 10.1. The van der Waals surface area contributed by atoms with Crippen LogP contribution >= 0.6 is 38.9 Å². The Morgan fingerprint density at radius 2 is 2.29 bits per heavy atom. The first-order chi connectivity index (χ1) is 8.06. The zero-order chi connectivity index (χ0) is 12.4. The Morgan fingerprint density at radius 3 is 2.88 bits per heavy atom. The standard InChI is InChI=1S/C12H11BrClNOS/c1-7-15-9(6-17-7)5-12(16)10-3-2-8(14)4-11(10)13/h2-4,6,12,16H,5H2,1H3. The van der Waals surface area contributed by atoms with E-state index in [1.807, 2.05) is 18.4 Å². The molecule has 0 aliphatic rings. The van der Waals surface area contributed by atoms with Crippen molar-refractivity contribution in [1.82, 2.24) is 4.98 Å². The molecule has 17 heavy (non-hydrogen) atoms. The van der Waals surface area contributed by atoms with E-state index in [0.717, 1.165) is 20.7 Å². The van der Waals surface area contributed by atoms with E-state index in [4.69, 9.17) is 11.6 Å². The lowest BCUT2D eigenvalue weighted by Crippen LogP contribution is -2.03. The minimum absolute atomic E-state index is 0.518. The topological polar surface area (TPSA) is 33.1 Å². The van der Waals surface area contributed by atoms with Gasteiger partial charge in [0.15, 0.2) is 0 Å². The molecule has 0 amide bonds. The highest BCUT2D eigenvalue weighted by molar-refractivity contribution is 9.10. The lowest BCUT2D eigenvalue weighted by atomic mass is 10.1. The molecule has 1 unspecified atom stereocenters. The second kappa shape index (κ2) is 5.48. The van der Waals surface area contributed by atoms with Gasteiger partial charge in [-0.25, -0.2) is 4.98 Å². The summed E-state index contributed by atoms with van der Waals surface area (Å²) in [6, 6.07) is 5.39. The van der Waals surface area contributed by atoms with Gasteiger partial charge in [-0.3, -0.25) is 0 Å². The zero-order valence-electron chi connectivity index (χ0n) is 9.15. The number of halogens is 2. The fourth-order valence-corrected chi connectivity index (χ4v) is 3.15. The Balaban J connectivity index is 2.17. The largest absolute Gasteiger partial charge is 0.388 e. The molecule has 0 saturated carbocycles. The van der Waals surface area contributed by atoms with Crippen molar-refractivity contribution in [2.75, 3.05) is 0 Å². The van der Waals surface area contributed by atoms with Crippen LogP contribution in [0, 0.1) is 6.92 Å². The molecule has 2 rings (SSSR count). The summed E-state index contributed by atoms with van der Waals surface area (Å²) in [6.45, 7) is 1.96. The highest BCUT2D eigenvalue weighted by Gasteiger charge is 2.13. The molecule has 0 bridgehead atoms. The van der Waals surface area contributed by atoms with Crippen molar-refractivity contribution < 1.29 is 5.11 Å². The van der Waals surface area contributed by atoms with Crippen LogP contribution in [-0.4, -0.2) is 10.1 Å². The van der Waals surface area contributed by atoms with Crippen molar-refractivity contribution in [1.29, 1.82) is 0 Å². The van der Waals surface area contributed by atoms with Crippen LogP contribution in [0.2, 0.25) is 5.02 Å². The first-order valence-corrected chi connectivity index (χ1v) is 7.15. The summed E-state index contributed by atoms with van der Waals surface area (Å²) in [5, 5.41) is 13.8. The van der Waals surface area contributed by atoms with Crippen molar-refractivity contribution in [3.05, 3.63) is 49.3 Å². The van der Waals surface area contributed by atoms with Crippen LogP contribution < -0.4 is 0 Å². The molecule has 90 valence electrons. The maximum Gasteiger partial charge on any atom is 0.0897 e. The summed E-state index contributed by atoms with van der Waals surface area (Å²) in [4.78, 5) is 4.34. The van der Waals surface area contributed by atoms with Crippen LogP contribution in [0.4, 0.5) is 0 Å². The van der Waals surface area contributed by atoms with Crippen molar-refractivity contribution in [2.24, 2.45) is 0 Å². The summed E-state index contributed by atoms with van der Waals surface area (Å²) in [7, 11) is 0. The summed E-state index contributed by atoms with van der Waals surface area (Å²) >= 11 is 10.9. The van der Waals surface area contributed by atoms with E-state index in [1.54, 1.807) is 23.5 Å². The van der Waals surface area contributed by atoms with Gasteiger partial charge in [0.1, 0.15) is 0 Å². The van der Waals surface area contributed by atoms with E-state index >= 15 is 0 Å². The summed E-state index contributed by atoms with van der Waals surface area (Å²) < 4.78 is 0.824. The second-order valence-electron chi connectivity index (χ2n) is 3.74. The van der Waals surface area contributed by atoms with Crippen molar-refractivity contribution in [2.45, 2.75) is 19.4 Å². The Labute approximate surface area is 117 Å². The number of nitrogens with zero attached hydrogens (tertiary/aromatic N) is 1. The monoisotopic (exact) mass is 331 g/mol. The first kappa shape index (κ1) is 13.0. The van der Waals surface area contributed by atoms with Gasteiger partial charge >= 0.3 is 0 Å². The molecule has 0 spiro atoms. The van der Waals surface area contributed by atoms with Gasteiger partial charge in [0.2, 0.25) is 0 Å². The molecule has 0 aliphatic heterocycles. The molecule has 1 heterocycles. The lowest BCUT2D eigenvalue weighted by Gasteiger charge is -2.11. The molecule has 1 atom stereocenters. The number of aliphatic hydroxyl groups is 1. The van der Waals surface area contributed by atoms with Crippen LogP contribution in [0.15, 0.2) is 28.1 Å². The minimum atomic E-state index is -0.567. The van der Waals surface area contributed by atoms with Crippen LogP contribution in [0.25, 0.3) is 0 Å². The average Bonchev–Trinajstić information content (AvgIpc) is 2.63. The second-order valence-corrected chi connectivity index (χ2v) is 6.10. The molecule has 2 aromatic rings. The molecule has 1 aromatic heterocycles. The van der Waals surface area contributed by atoms with Gasteiger partial charge in [-0.1, -0.05) is 33.6 Å². The van der Waals surface area contributed by atoms with Crippen LogP contribution in [0.5, 0.6) is 0 Å². The maximum absolute atomic E-state index is 10.1. The van der Waals surface area contributed by atoms with Gasteiger partial charge in [0.25, 0.3) is 0 Å². The Bertz CT molecular complexity index is 529. The number of aromatic nitrogens is 1. The third kappa shape index (κ3) is 3.28. The predicted molar refractivity (Wildman–Crippen MR) is 74.7 cm³/mol. The molecule has 0 fully saturated rings. The highest BCUT2D eigenvalue weighted by atomic mass is 79.9. The molecule has 0 saturated heterocycles. The molecule has 5 heteroatoms. The van der Waals surface area contributed by atoms with Gasteiger partial charge in [0, 0.05) is 21.3 Å². The molecular formula is C12H11BrClNOS. The molecule has 1 aromatic carbocycles. The van der Waals surface area contributed by atoms with E-state index in [-0.39, 0.29) is 0 Å². The highest BCUT2D eigenvalue weighted by Crippen LogP contribution is 2.28. The summed E-state index contributed by atoms with van der Waals surface area (Å²) in [5.74, 6) is 0. The third-order valence-electron chi connectivity index (χ3n) is 2.39. The average molecular weight is 333 g/mol. The van der Waals surface area contributed by atoms with Crippen molar-refractivity contribution in [3.63, 3.8) is 0 Å². The van der Waals surface area contributed by atoms with Crippen molar-refractivity contribution >= 4 is 38.9 Å². The third-order valence-corrected chi connectivity index (χ3v) is 4.13. The minimum Gasteiger partial charge on any atom is -0.388 e. The number of benzene rings is 1. The molecule has 1 N–H and O–H groups in total. The summed E-state index contributed by atoms with van der Waals surface area (Å²) in [6.07, 6.45) is -0.0481. The van der Waals surface area contributed by atoms with Gasteiger partial charge in [-0.2, -0.15) is 0 Å². The number of hydrogen-bond donors (Lipinski definition) is 1. The lowest BCUT2D eigenvalue weighted by molar-refractivity contribution is 0.176. The van der Waals surface area contributed by atoms with Gasteiger partial charge in [-0.15, -0.1) is 11.3 Å². The number of hydrogen-bond acceptors (Lipinski definition) is 3. The number of aryl methyl sites for hydroxylation is 1. The first-order valence-electron chi connectivity index (χ1n) is 5.10. The quantitative estimate of drug-likeness (QED) is 0.916. The number of aliphatic hydroxyl groups excluding tert-OH is 1. The molecule has 2 nitrogen and oxygen atoms in total. The van der Waals surface area contributed by atoms with Crippen LogP contribution in [0.3, 0.4) is 0 Å². The zero-order valence-corrected chi connectivity index (χ0v) is 12.3. The van der Waals surface area contributed by atoms with Gasteiger partial charge in [0.05, 0.1) is 16.8 Å².